The van der Waals surface area contributed by atoms with Gasteiger partial charge in [0.15, 0.2) is 0 Å². The summed E-state index contributed by atoms with van der Waals surface area (Å²) in [4.78, 5) is 42.9. The first kappa shape index (κ1) is 40.1. The molecule has 2 aliphatic heterocycles. The highest BCUT2D eigenvalue weighted by atomic mass is 35.5. The largest absolute Gasteiger partial charge is 0.416 e. The van der Waals surface area contributed by atoms with E-state index in [0.717, 1.165) is 36.6 Å². The van der Waals surface area contributed by atoms with Crippen LogP contribution < -0.4 is 11.1 Å². The summed E-state index contributed by atoms with van der Waals surface area (Å²) in [5, 5.41) is 3.03. The predicted octanol–water partition coefficient (Wildman–Crippen LogP) is 3.60. The third-order valence-electron chi connectivity index (χ3n) is 7.02. The molecule has 2 aliphatic rings. The van der Waals surface area contributed by atoms with Gasteiger partial charge in [-0.2, -0.15) is 13.2 Å². The van der Waals surface area contributed by atoms with Crippen LogP contribution >= 0.6 is 11.6 Å². The number of benzene rings is 1. The number of aliphatic imine (C=N–C) groups is 1. The maximum absolute atomic E-state index is 13.4. The Morgan fingerprint density at radius 3 is 2.30 bits per heavy atom. The van der Waals surface area contributed by atoms with Crippen LogP contribution in [-0.2, 0) is 36.6 Å². The summed E-state index contributed by atoms with van der Waals surface area (Å²) in [6.07, 6.45) is -0.747. The Morgan fingerprint density at radius 2 is 1.85 bits per heavy atom. The first-order chi connectivity index (χ1) is 21.8. The number of nitrogens with zero attached hydrogens (tertiary/aromatic N) is 4. The molecule has 0 atom stereocenters. The highest BCUT2D eigenvalue weighted by molar-refractivity contribution is 6.31. The van der Waals surface area contributed by atoms with Gasteiger partial charge in [-0.3, -0.25) is 19.4 Å². The molecule has 3 N–H and O–H groups in total. The molecule has 46 heavy (non-hydrogen) atoms. The van der Waals surface area contributed by atoms with Crippen LogP contribution in [0.4, 0.5) is 13.2 Å². The second kappa shape index (κ2) is 20.3. The fourth-order valence-corrected chi connectivity index (χ4v) is 4.80. The Morgan fingerprint density at radius 1 is 1.24 bits per heavy atom. The summed E-state index contributed by atoms with van der Waals surface area (Å²) >= 11 is 6.08. The third kappa shape index (κ3) is 12.5. The summed E-state index contributed by atoms with van der Waals surface area (Å²) in [5.74, 6) is -0.388. The summed E-state index contributed by atoms with van der Waals surface area (Å²) < 4.78 is 48.8. The van der Waals surface area contributed by atoms with E-state index < -0.39 is 11.7 Å². The highest BCUT2D eigenvalue weighted by Gasteiger charge is 2.32. The zero-order valence-corrected chi connectivity index (χ0v) is 27.5. The zero-order chi connectivity index (χ0) is 34.9. The molecule has 256 valence electrons. The minimum absolute atomic E-state index is 0.00891. The molecule has 0 bridgehead atoms. The molecule has 1 aromatic carbocycles. The lowest BCUT2D eigenvalue weighted by Gasteiger charge is -2.38. The number of nitrogens with one attached hydrogen (secondary N) is 1. The Kier molecular flexibility index (Phi) is 17.7. The molecule has 2 heterocycles. The Bertz CT molecular complexity index is 1260. The minimum Gasteiger partial charge on any atom is -0.390 e. The van der Waals surface area contributed by atoms with Crippen molar-refractivity contribution in [2.45, 2.75) is 32.5 Å². The fraction of sp³-hybridized carbons (Fsp3) is 0.484. The Balaban J connectivity index is 0.000000676. The maximum Gasteiger partial charge on any atom is 0.416 e. The van der Waals surface area contributed by atoms with Gasteiger partial charge in [0.25, 0.3) is 5.91 Å². The van der Waals surface area contributed by atoms with Crippen LogP contribution in [0.15, 0.2) is 58.5 Å². The van der Waals surface area contributed by atoms with Gasteiger partial charge in [-0.1, -0.05) is 37.2 Å². The molecule has 1 saturated heterocycles. The number of amides is 3. The molecule has 11 nitrogen and oxygen atoms in total. The average Bonchev–Trinajstić information content (AvgIpc) is 3.04. The molecule has 3 amide bonds. The van der Waals surface area contributed by atoms with Gasteiger partial charge in [-0.15, -0.1) is 0 Å². The summed E-state index contributed by atoms with van der Waals surface area (Å²) in [7, 11) is 4.78. The van der Waals surface area contributed by atoms with E-state index in [-0.39, 0.29) is 36.4 Å². The molecule has 0 aliphatic carbocycles. The first-order valence-corrected chi connectivity index (χ1v) is 14.8. The van der Waals surface area contributed by atoms with E-state index in [1.54, 1.807) is 19.0 Å². The standard InChI is InChI=1S/C22H30ClF3N4O3.C8H11NO.CH3NO/c1-5-18(27-2)20(30-10-8-29(9-11-30)19(31)14-33-4)21(32)28(3)13-15-6-7-16(12-17(15)23)22(24,25)26;1-7(9-2)8-3-5-10-6-4-8;2-1-3/h6-7,12,27H,5,8-11,13-14H2,1-4H3;3H,1-2,4-6H2;1H,(H2,2,3)/b20-18+;;. The first-order valence-electron chi connectivity index (χ1n) is 14.4. The molecule has 0 aromatic heterocycles. The lowest BCUT2D eigenvalue weighted by Crippen LogP contribution is -2.51. The normalized spacial score (nSPS) is 15.1. The molecule has 0 unspecified atom stereocenters. The van der Waals surface area contributed by atoms with Gasteiger partial charge >= 0.3 is 6.18 Å². The van der Waals surface area contributed by atoms with Crippen LogP contribution in [0.1, 0.15) is 30.9 Å². The fourth-order valence-electron chi connectivity index (χ4n) is 4.56. The molecule has 1 fully saturated rings. The van der Waals surface area contributed by atoms with Crippen LogP contribution in [0.2, 0.25) is 5.02 Å². The maximum atomic E-state index is 13.4. The van der Waals surface area contributed by atoms with E-state index in [1.807, 2.05) is 17.9 Å². The van der Waals surface area contributed by atoms with Gasteiger partial charge in [0.2, 0.25) is 12.3 Å². The molecule has 15 heteroatoms. The number of allylic oxidation sites excluding steroid dienone is 2. The van der Waals surface area contributed by atoms with E-state index >= 15 is 0 Å². The number of carbonyl (C=O) groups is 3. The van der Waals surface area contributed by atoms with Crippen molar-refractivity contribution in [1.29, 1.82) is 0 Å². The van der Waals surface area contributed by atoms with Crippen LogP contribution in [0, 0.1) is 0 Å². The summed E-state index contributed by atoms with van der Waals surface area (Å²) in [6.45, 7) is 12.4. The van der Waals surface area contributed by atoms with Crippen molar-refractivity contribution in [3.8, 4) is 0 Å². The summed E-state index contributed by atoms with van der Waals surface area (Å²) in [6, 6.07) is 3.11. The van der Waals surface area contributed by atoms with Crippen molar-refractivity contribution in [3.05, 3.63) is 69.7 Å². The SMILES string of the molecule is C=NC(=C)C1=CCOCC1.CC/C(NC)=C(/C(=O)N(C)Cc1ccc(C(F)(F)F)cc1Cl)N1CCN(C(=O)COC)CC1.NC=O. The number of methoxy groups -OCH3 is 1. The number of rotatable bonds is 10. The topological polar surface area (TPSA) is 130 Å². The number of nitrogens with two attached hydrogens (primary N) is 1. The van der Waals surface area contributed by atoms with Crippen LogP contribution in [0.5, 0.6) is 0 Å². The van der Waals surface area contributed by atoms with Crippen LogP contribution in [0.25, 0.3) is 0 Å². The number of piperazine rings is 1. The second-order valence-electron chi connectivity index (χ2n) is 9.99. The number of primary amides is 1. The number of hydrogen-bond acceptors (Lipinski definition) is 8. The molecule has 3 rings (SSSR count). The molecule has 0 saturated carbocycles. The molecule has 1 aromatic rings. The van der Waals surface area contributed by atoms with E-state index in [2.05, 4.69) is 29.3 Å². The van der Waals surface area contributed by atoms with Gasteiger partial charge in [0.1, 0.15) is 12.3 Å². The molecular formula is C31H44ClF3N6O5. The lowest BCUT2D eigenvalue weighted by molar-refractivity contribution is -0.138. The monoisotopic (exact) mass is 672 g/mol. The van der Waals surface area contributed by atoms with Gasteiger partial charge in [-0.25, -0.2) is 0 Å². The number of alkyl halides is 3. The van der Waals surface area contributed by atoms with E-state index in [9.17, 15) is 22.8 Å². The number of likely N-dealkylation sites (N-methyl/N-ethyl adjacent to an activating group) is 1. The van der Waals surface area contributed by atoms with Crippen molar-refractivity contribution in [2.75, 3.05) is 67.2 Å². The van der Waals surface area contributed by atoms with Gasteiger partial charge in [-0.05, 0) is 42.8 Å². The lowest BCUT2D eigenvalue weighted by atomic mass is 10.1. The average molecular weight is 673 g/mol. The highest BCUT2D eigenvalue weighted by Crippen LogP contribution is 2.32. The quantitative estimate of drug-likeness (QED) is 0.221. The predicted molar refractivity (Wildman–Crippen MR) is 172 cm³/mol. The van der Waals surface area contributed by atoms with Crippen LogP contribution in [-0.4, -0.2) is 107 Å². The minimum atomic E-state index is -4.49. The van der Waals surface area contributed by atoms with Crippen molar-refractivity contribution in [1.82, 2.24) is 20.0 Å². The van der Waals surface area contributed by atoms with Crippen LogP contribution in [0.3, 0.4) is 0 Å². The van der Waals surface area contributed by atoms with Crippen molar-refractivity contribution < 1.29 is 37.0 Å². The van der Waals surface area contributed by atoms with Gasteiger partial charge in [0.05, 0.1) is 24.5 Å². The Labute approximate surface area is 273 Å². The number of ether oxygens (including phenoxy) is 2. The van der Waals surface area contributed by atoms with Gasteiger partial charge in [0, 0.05) is 64.6 Å². The molecule has 0 spiro atoms. The second-order valence-corrected chi connectivity index (χ2v) is 10.4. The van der Waals surface area contributed by atoms with Crippen molar-refractivity contribution in [3.63, 3.8) is 0 Å². The van der Waals surface area contributed by atoms with Gasteiger partial charge < -0.3 is 35.2 Å². The summed E-state index contributed by atoms with van der Waals surface area (Å²) in [5.41, 5.74) is 6.91. The third-order valence-corrected chi connectivity index (χ3v) is 7.37. The van der Waals surface area contributed by atoms with Crippen molar-refractivity contribution in [2.24, 2.45) is 10.7 Å². The number of halogens is 4. The number of hydrogen-bond donors (Lipinski definition) is 2. The van der Waals surface area contributed by atoms with E-state index in [4.69, 9.17) is 25.9 Å². The van der Waals surface area contributed by atoms with E-state index in [0.29, 0.717) is 50.5 Å². The van der Waals surface area contributed by atoms with Crippen molar-refractivity contribution >= 4 is 36.5 Å². The molecular weight excluding hydrogens is 629 g/mol. The number of carbonyl (C=O) groups excluding carboxylic acids is 3. The Hall–Kier alpha value is -3.88. The smallest absolute Gasteiger partial charge is 0.390 e. The molecule has 0 radical (unpaired) electrons. The zero-order valence-electron chi connectivity index (χ0n) is 26.8. The van der Waals surface area contributed by atoms with E-state index in [1.165, 1.54) is 23.6 Å².